The minimum Gasteiger partial charge on any atom is -0.368 e. The lowest BCUT2D eigenvalue weighted by molar-refractivity contribution is -0.127. The van der Waals surface area contributed by atoms with Gasteiger partial charge in [-0.05, 0) is 41.8 Å². The molecule has 2 amide bonds. The summed E-state index contributed by atoms with van der Waals surface area (Å²) < 4.78 is 0. The minimum atomic E-state index is -0.709. The van der Waals surface area contributed by atoms with E-state index in [9.17, 15) is 9.59 Å². The maximum absolute atomic E-state index is 12.8. The van der Waals surface area contributed by atoms with Crippen LogP contribution in [0.2, 0.25) is 10.0 Å². The lowest BCUT2D eigenvalue weighted by Crippen LogP contribution is -2.45. The summed E-state index contributed by atoms with van der Waals surface area (Å²) in [6.45, 7) is 1.79. The van der Waals surface area contributed by atoms with Gasteiger partial charge in [-0.15, -0.1) is 0 Å². The topological polar surface area (TPSA) is 72.2 Å². The molecular weight excluding hydrogens is 347 g/mol. The van der Waals surface area contributed by atoms with E-state index in [0.29, 0.717) is 16.5 Å². The van der Waals surface area contributed by atoms with E-state index in [0.717, 1.165) is 11.1 Å². The third kappa shape index (κ3) is 4.49. The summed E-state index contributed by atoms with van der Waals surface area (Å²) in [5.41, 5.74) is 6.85. The molecule has 1 unspecified atom stereocenters. The molecule has 24 heavy (non-hydrogen) atoms. The summed E-state index contributed by atoms with van der Waals surface area (Å²) in [5, 5.41) is 3.88. The van der Waals surface area contributed by atoms with Gasteiger partial charge in [-0.25, -0.2) is 0 Å². The summed E-state index contributed by atoms with van der Waals surface area (Å²) in [5.74, 6) is -1.45. The highest BCUT2D eigenvalue weighted by molar-refractivity contribution is 6.30. The summed E-state index contributed by atoms with van der Waals surface area (Å²) >= 11 is 11.9. The molecule has 0 heterocycles. The third-order valence-corrected chi connectivity index (χ3v) is 4.24. The van der Waals surface area contributed by atoms with E-state index in [1.165, 1.54) is 0 Å². The maximum Gasteiger partial charge on any atom is 0.239 e. The van der Waals surface area contributed by atoms with Crippen LogP contribution in [0, 0.1) is 0 Å². The first kappa shape index (κ1) is 18.3. The Kier molecular flexibility index (Phi) is 6.23. The van der Waals surface area contributed by atoms with Crippen LogP contribution in [0.3, 0.4) is 0 Å². The van der Waals surface area contributed by atoms with Gasteiger partial charge in [-0.1, -0.05) is 54.4 Å². The van der Waals surface area contributed by atoms with Gasteiger partial charge in [0.15, 0.2) is 0 Å². The molecule has 2 aromatic carbocycles. The molecule has 0 aliphatic rings. The van der Waals surface area contributed by atoms with Crippen molar-refractivity contribution in [1.29, 1.82) is 0 Å². The fourth-order valence-corrected chi connectivity index (χ4v) is 2.69. The number of primary amides is 1. The smallest absolute Gasteiger partial charge is 0.239 e. The van der Waals surface area contributed by atoms with Crippen molar-refractivity contribution in [3.05, 3.63) is 69.7 Å². The van der Waals surface area contributed by atoms with Gasteiger partial charge >= 0.3 is 0 Å². The molecule has 0 spiro atoms. The average Bonchev–Trinajstić information content (AvgIpc) is 2.56. The van der Waals surface area contributed by atoms with Crippen LogP contribution in [-0.2, 0) is 9.59 Å². The van der Waals surface area contributed by atoms with E-state index >= 15 is 0 Å². The van der Waals surface area contributed by atoms with Gasteiger partial charge in [-0.2, -0.15) is 0 Å². The van der Waals surface area contributed by atoms with Crippen LogP contribution in [0.25, 0.3) is 0 Å². The number of nitrogens with two attached hydrogens (primary N) is 1. The Labute approximate surface area is 150 Å². The quantitative estimate of drug-likeness (QED) is 0.822. The van der Waals surface area contributed by atoms with E-state index in [-0.39, 0.29) is 5.91 Å². The third-order valence-electron chi connectivity index (χ3n) is 3.74. The van der Waals surface area contributed by atoms with Gasteiger partial charge in [0.25, 0.3) is 0 Å². The molecule has 0 radical (unpaired) electrons. The van der Waals surface area contributed by atoms with E-state index in [2.05, 4.69) is 5.32 Å². The molecule has 0 fully saturated rings. The Morgan fingerprint density at radius 1 is 0.958 bits per heavy atom. The monoisotopic (exact) mass is 364 g/mol. The average molecular weight is 365 g/mol. The lowest BCUT2D eigenvalue weighted by atomic mass is 9.90. The SMILES string of the molecule is CCC(NC(=O)C(c1ccc(Cl)cc1)c1ccc(Cl)cc1)C(N)=O. The summed E-state index contributed by atoms with van der Waals surface area (Å²) in [6.07, 6.45) is 0.426. The Balaban J connectivity index is 2.38. The molecule has 1 atom stereocenters. The Hall–Kier alpha value is -2.04. The van der Waals surface area contributed by atoms with Crippen molar-refractivity contribution in [3.8, 4) is 0 Å². The van der Waals surface area contributed by atoms with Gasteiger partial charge < -0.3 is 11.1 Å². The molecule has 0 saturated heterocycles. The fourth-order valence-electron chi connectivity index (χ4n) is 2.44. The zero-order valence-corrected chi connectivity index (χ0v) is 14.6. The number of nitrogens with one attached hydrogen (secondary N) is 1. The van der Waals surface area contributed by atoms with Crippen LogP contribution < -0.4 is 11.1 Å². The van der Waals surface area contributed by atoms with Gasteiger partial charge in [0.05, 0.1) is 5.92 Å². The summed E-state index contributed by atoms with van der Waals surface area (Å²) in [6, 6.07) is 13.3. The van der Waals surface area contributed by atoms with Gasteiger partial charge in [0.1, 0.15) is 6.04 Å². The largest absolute Gasteiger partial charge is 0.368 e. The fraction of sp³-hybridized carbons (Fsp3) is 0.222. The molecule has 0 aliphatic heterocycles. The van der Waals surface area contributed by atoms with Gasteiger partial charge in [0.2, 0.25) is 11.8 Å². The Morgan fingerprint density at radius 2 is 1.38 bits per heavy atom. The zero-order valence-electron chi connectivity index (χ0n) is 13.1. The molecule has 0 aliphatic carbocycles. The first-order valence-electron chi connectivity index (χ1n) is 7.53. The minimum absolute atomic E-state index is 0.301. The Morgan fingerprint density at radius 3 is 1.71 bits per heavy atom. The zero-order chi connectivity index (χ0) is 17.7. The molecule has 2 rings (SSSR count). The van der Waals surface area contributed by atoms with Crippen LogP contribution in [0.4, 0.5) is 0 Å². The highest BCUT2D eigenvalue weighted by Gasteiger charge is 2.26. The maximum atomic E-state index is 12.8. The first-order valence-corrected chi connectivity index (χ1v) is 8.28. The van der Waals surface area contributed by atoms with Gasteiger partial charge in [0, 0.05) is 10.0 Å². The van der Waals surface area contributed by atoms with E-state index in [1.54, 1.807) is 55.5 Å². The number of rotatable bonds is 6. The van der Waals surface area contributed by atoms with Crippen LogP contribution in [0.1, 0.15) is 30.4 Å². The van der Waals surface area contributed by atoms with Crippen molar-refractivity contribution in [2.24, 2.45) is 5.73 Å². The number of carbonyl (C=O) groups excluding carboxylic acids is 2. The highest BCUT2D eigenvalue weighted by atomic mass is 35.5. The molecule has 3 N–H and O–H groups in total. The molecule has 0 bridgehead atoms. The molecular formula is C18H18Cl2N2O2. The van der Waals surface area contributed by atoms with E-state index in [4.69, 9.17) is 28.9 Å². The number of halogens is 2. The van der Waals surface area contributed by atoms with E-state index in [1.807, 2.05) is 0 Å². The second-order valence-electron chi connectivity index (χ2n) is 5.41. The van der Waals surface area contributed by atoms with E-state index < -0.39 is 17.9 Å². The number of hydrogen-bond donors (Lipinski definition) is 2. The number of carbonyl (C=O) groups is 2. The van der Waals surface area contributed by atoms with Crippen LogP contribution in [0.15, 0.2) is 48.5 Å². The number of hydrogen-bond acceptors (Lipinski definition) is 2. The van der Waals surface area contributed by atoms with Crippen molar-refractivity contribution in [3.63, 3.8) is 0 Å². The van der Waals surface area contributed by atoms with Crippen molar-refractivity contribution in [2.75, 3.05) is 0 Å². The second-order valence-corrected chi connectivity index (χ2v) is 6.28. The predicted octanol–water partition coefficient (Wildman–Crippen LogP) is 3.51. The number of benzene rings is 2. The molecule has 4 nitrogen and oxygen atoms in total. The second kappa shape index (κ2) is 8.18. The first-order chi connectivity index (χ1) is 11.4. The lowest BCUT2D eigenvalue weighted by Gasteiger charge is -2.21. The Bertz CT molecular complexity index is 669. The normalized spacial score (nSPS) is 12.0. The molecule has 6 heteroatoms. The number of amides is 2. The molecule has 2 aromatic rings. The van der Waals surface area contributed by atoms with Crippen LogP contribution in [0.5, 0.6) is 0 Å². The van der Waals surface area contributed by atoms with Crippen LogP contribution in [-0.4, -0.2) is 17.9 Å². The van der Waals surface area contributed by atoms with Crippen molar-refractivity contribution in [2.45, 2.75) is 25.3 Å². The van der Waals surface area contributed by atoms with Crippen molar-refractivity contribution >= 4 is 35.0 Å². The van der Waals surface area contributed by atoms with Crippen LogP contribution >= 0.6 is 23.2 Å². The van der Waals surface area contributed by atoms with Crippen molar-refractivity contribution < 1.29 is 9.59 Å². The molecule has 0 saturated carbocycles. The highest BCUT2D eigenvalue weighted by Crippen LogP contribution is 2.27. The van der Waals surface area contributed by atoms with Gasteiger partial charge in [-0.3, -0.25) is 9.59 Å². The molecule has 126 valence electrons. The standard InChI is InChI=1S/C18H18Cl2N2O2/c1-2-15(17(21)23)22-18(24)16(11-3-7-13(19)8-4-11)12-5-9-14(20)10-6-12/h3-10,15-16H,2H2,1H3,(H2,21,23)(H,22,24). The van der Waals surface area contributed by atoms with Crippen molar-refractivity contribution in [1.82, 2.24) is 5.32 Å². The summed E-state index contributed by atoms with van der Waals surface area (Å²) in [4.78, 5) is 24.2. The molecule has 0 aromatic heterocycles. The summed E-state index contributed by atoms with van der Waals surface area (Å²) in [7, 11) is 0. The predicted molar refractivity (Wildman–Crippen MR) is 96.2 cm³/mol.